The average molecular weight is 444 g/mol. The van der Waals surface area contributed by atoms with E-state index in [2.05, 4.69) is 16.5 Å². The van der Waals surface area contributed by atoms with Gasteiger partial charge in [0, 0.05) is 26.7 Å². The minimum absolute atomic E-state index is 0.00388. The fraction of sp³-hybridized carbons (Fsp3) is 0.444. The van der Waals surface area contributed by atoms with Gasteiger partial charge in [0.15, 0.2) is 0 Å². The Morgan fingerprint density at radius 2 is 1.71 bits per heavy atom. The van der Waals surface area contributed by atoms with Crippen LogP contribution in [-0.2, 0) is 20.0 Å². The summed E-state index contributed by atoms with van der Waals surface area (Å²) in [5, 5.41) is 0. The Hall–Kier alpha value is -1.62. The minimum Gasteiger partial charge on any atom is -0.367 e. The van der Waals surface area contributed by atoms with Gasteiger partial charge in [0.2, 0.25) is 0 Å². The van der Waals surface area contributed by atoms with Crippen molar-refractivity contribution in [3.63, 3.8) is 0 Å². The van der Waals surface area contributed by atoms with E-state index in [4.69, 9.17) is 0 Å². The number of nitrogens with one attached hydrogen (secondary N) is 1. The topological polar surface area (TPSA) is 86.8 Å². The summed E-state index contributed by atoms with van der Waals surface area (Å²) in [6.45, 7) is 3.02. The third kappa shape index (κ3) is 4.19. The number of anilines is 2. The Bertz CT molecular complexity index is 1050. The van der Waals surface area contributed by atoms with Crippen LogP contribution in [0.3, 0.4) is 0 Å². The van der Waals surface area contributed by atoms with E-state index >= 15 is 0 Å². The van der Waals surface area contributed by atoms with Crippen LogP contribution >= 0.6 is 11.3 Å². The van der Waals surface area contributed by atoms with Crippen LogP contribution in [0.2, 0.25) is 0 Å². The second kappa shape index (κ2) is 8.02. The molecule has 7 nitrogen and oxygen atoms in total. The van der Waals surface area contributed by atoms with E-state index in [0.29, 0.717) is 11.7 Å². The highest BCUT2D eigenvalue weighted by Gasteiger charge is 2.26. The zero-order valence-electron chi connectivity index (χ0n) is 16.1. The van der Waals surface area contributed by atoms with E-state index in [1.807, 2.05) is 12.1 Å². The Labute approximate surface area is 171 Å². The maximum atomic E-state index is 12.9. The summed E-state index contributed by atoms with van der Waals surface area (Å²) in [6.07, 6.45) is 3.31. The van der Waals surface area contributed by atoms with Crippen molar-refractivity contribution in [1.82, 2.24) is 4.31 Å². The summed E-state index contributed by atoms with van der Waals surface area (Å²) >= 11 is 0.743. The highest BCUT2D eigenvalue weighted by atomic mass is 32.3. The SMILES string of the molecule is CC1CCCCN1c1ccccc1NS(=O)(=O)c1ccc(S(=O)(=O)N(C)C)s1. The van der Waals surface area contributed by atoms with Crippen molar-refractivity contribution in [2.75, 3.05) is 30.3 Å². The third-order valence-corrected chi connectivity index (χ3v) is 10.0. The summed E-state index contributed by atoms with van der Waals surface area (Å²) in [5.74, 6) is 0. The van der Waals surface area contributed by atoms with Crippen LogP contribution in [-0.4, -0.2) is 47.8 Å². The van der Waals surface area contributed by atoms with Crippen LogP contribution in [0.5, 0.6) is 0 Å². The molecule has 1 aliphatic rings. The molecule has 1 atom stereocenters. The van der Waals surface area contributed by atoms with Gasteiger partial charge in [-0.15, -0.1) is 11.3 Å². The van der Waals surface area contributed by atoms with Crippen LogP contribution in [0.4, 0.5) is 11.4 Å². The van der Waals surface area contributed by atoms with E-state index in [-0.39, 0.29) is 8.42 Å². The van der Waals surface area contributed by atoms with Crippen molar-refractivity contribution < 1.29 is 16.8 Å². The number of piperidine rings is 1. The van der Waals surface area contributed by atoms with Crippen LogP contribution in [0.15, 0.2) is 44.8 Å². The lowest BCUT2D eigenvalue weighted by Gasteiger charge is -2.36. The molecule has 2 aromatic rings. The van der Waals surface area contributed by atoms with E-state index < -0.39 is 20.0 Å². The number of hydrogen-bond donors (Lipinski definition) is 1. The molecule has 1 saturated heterocycles. The van der Waals surface area contributed by atoms with Gasteiger partial charge >= 0.3 is 0 Å². The van der Waals surface area contributed by atoms with E-state index in [9.17, 15) is 16.8 Å². The first kappa shape index (κ1) is 21.1. The molecule has 1 aliphatic heterocycles. The smallest absolute Gasteiger partial charge is 0.271 e. The molecular weight excluding hydrogens is 418 g/mol. The monoisotopic (exact) mass is 443 g/mol. The van der Waals surface area contributed by atoms with E-state index in [1.165, 1.54) is 32.6 Å². The third-order valence-electron chi connectivity index (χ3n) is 4.82. The summed E-state index contributed by atoms with van der Waals surface area (Å²) < 4.78 is 54.0. The lowest BCUT2D eigenvalue weighted by molar-refractivity contribution is 0.485. The number of hydrogen-bond acceptors (Lipinski definition) is 6. The second-order valence-electron chi connectivity index (χ2n) is 7.02. The predicted octanol–water partition coefficient (Wildman–Crippen LogP) is 3.18. The maximum absolute atomic E-state index is 12.9. The molecule has 2 heterocycles. The molecule has 1 N–H and O–H groups in total. The molecule has 3 rings (SSSR count). The van der Waals surface area contributed by atoms with Crippen molar-refractivity contribution in [3.8, 4) is 0 Å². The highest BCUT2D eigenvalue weighted by Crippen LogP contribution is 2.34. The number of sulfonamides is 2. The number of thiophene rings is 1. The molecule has 154 valence electrons. The predicted molar refractivity (Wildman–Crippen MR) is 113 cm³/mol. The molecule has 1 aromatic carbocycles. The average Bonchev–Trinajstić information content (AvgIpc) is 3.14. The molecular formula is C18H25N3O4S3. The van der Waals surface area contributed by atoms with Gasteiger partial charge in [0.05, 0.1) is 11.4 Å². The summed E-state index contributed by atoms with van der Waals surface area (Å²) in [4.78, 5) is 2.22. The molecule has 0 spiro atoms. The summed E-state index contributed by atoms with van der Waals surface area (Å²) in [5.41, 5.74) is 1.35. The lowest BCUT2D eigenvalue weighted by Crippen LogP contribution is -2.38. The largest absolute Gasteiger partial charge is 0.367 e. The first-order valence-corrected chi connectivity index (χ1v) is 12.8. The first-order chi connectivity index (χ1) is 13.1. The van der Waals surface area contributed by atoms with Gasteiger partial charge in [-0.2, -0.15) is 0 Å². The van der Waals surface area contributed by atoms with Gasteiger partial charge in [-0.1, -0.05) is 12.1 Å². The molecule has 0 bridgehead atoms. The van der Waals surface area contributed by atoms with Gasteiger partial charge in [0.25, 0.3) is 20.0 Å². The van der Waals surface area contributed by atoms with Gasteiger partial charge in [-0.3, -0.25) is 4.72 Å². The molecule has 10 heteroatoms. The Morgan fingerprint density at radius 3 is 2.39 bits per heavy atom. The van der Waals surface area contributed by atoms with Crippen molar-refractivity contribution in [2.24, 2.45) is 0 Å². The van der Waals surface area contributed by atoms with Crippen LogP contribution < -0.4 is 9.62 Å². The van der Waals surface area contributed by atoms with Gasteiger partial charge in [0.1, 0.15) is 8.42 Å². The van der Waals surface area contributed by atoms with E-state index in [0.717, 1.165) is 40.7 Å². The number of nitrogens with zero attached hydrogens (tertiary/aromatic N) is 2. The number of benzene rings is 1. The quantitative estimate of drug-likeness (QED) is 0.741. The molecule has 0 radical (unpaired) electrons. The van der Waals surface area contributed by atoms with Gasteiger partial charge in [-0.05, 0) is 50.5 Å². The molecule has 0 aliphatic carbocycles. The van der Waals surface area contributed by atoms with Crippen molar-refractivity contribution >= 4 is 42.8 Å². The van der Waals surface area contributed by atoms with Crippen LogP contribution in [0.25, 0.3) is 0 Å². The van der Waals surface area contributed by atoms with E-state index in [1.54, 1.807) is 12.1 Å². The standard InChI is InChI=1S/C18H25N3O4S3/c1-14-8-6-7-13-21(14)16-10-5-4-9-15(16)19-27(22,23)17-11-12-18(26-17)28(24,25)20(2)3/h4-5,9-12,14,19H,6-8,13H2,1-3H3. The minimum atomic E-state index is -3.90. The van der Waals surface area contributed by atoms with Crippen LogP contribution in [0.1, 0.15) is 26.2 Å². The number of rotatable bonds is 6. The zero-order valence-corrected chi connectivity index (χ0v) is 18.6. The maximum Gasteiger partial charge on any atom is 0.271 e. The van der Waals surface area contributed by atoms with Gasteiger partial charge in [-0.25, -0.2) is 21.1 Å². The van der Waals surface area contributed by atoms with Crippen LogP contribution in [0, 0.1) is 0 Å². The molecule has 0 saturated carbocycles. The highest BCUT2D eigenvalue weighted by molar-refractivity contribution is 7.96. The van der Waals surface area contributed by atoms with Crippen molar-refractivity contribution in [1.29, 1.82) is 0 Å². The molecule has 1 aromatic heterocycles. The summed E-state index contributed by atoms with van der Waals surface area (Å²) in [7, 11) is -4.74. The molecule has 0 amide bonds. The second-order valence-corrected chi connectivity index (χ2v) is 12.4. The Balaban J connectivity index is 1.91. The Morgan fingerprint density at radius 1 is 1.04 bits per heavy atom. The number of para-hydroxylation sites is 2. The molecule has 1 fully saturated rings. The Kier molecular flexibility index (Phi) is 6.04. The normalized spacial score (nSPS) is 18.4. The molecule has 1 unspecified atom stereocenters. The first-order valence-electron chi connectivity index (χ1n) is 9.04. The van der Waals surface area contributed by atoms with Crippen molar-refractivity contribution in [2.45, 2.75) is 40.6 Å². The molecule has 28 heavy (non-hydrogen) atoms. The fourth-order valence-corrected chi connectivity index (χ4v) is 7.24. The zero-order chi connectivity index (χ0) is 20.5. The van der Waals surface area contributed by atoms with Gasteiger partial charge < -0.3 is 4.90 Å². The lowest BCUT2D eigenvalue weighted by atomic mass is 10.0. The summed E-state index contributed by atoms with van der Waals surface area (Å²) in [6, 6.07) is 10.3. The fourth-order valence-electron chi connectivity index (χ4n) is 3.23. The van der Waals surface area contributed by atoms with Crippen molar-refractivity contribution in [3.05, 3.63) is 36.4 Å².